The Hall–Kier alpha value is -0.960. The molecule has 0 aliphatic rings. The highest BCUT2D eigenvalue weighted by Crippen LogP contribution is 2.20. The number of benzene rings is 1. The van der Waals surface area contributed by atoms with Gasteiger partial charge < -0.3 is 5.32 Å². The Labute approximate surface area is 121 Å². The second-order valence-corrected chi connectivity index (χ2v) is 5.47. The molecule has 0 saturated carbocycles. The molecule has 1 rings (SSSR count). The van der Waals surface area contributed by atoms with Crippen LogP contribution in [0.3, 0.4) is 0 Å². The Kier molecular flexibility index (Phi) is 7.75. The largest absolute Gasteiger partial charge is 0.314 e. The fourth-order valence-electron chi connectivity index (χ4n) is 2.59. The second-order valence-electron chi connectivity index (χ2n) is 5.47. The molecule has 1 atom stereocenters. The van der Waals surface area contributed by atoms with E-state index >= 15 is 0 Å². The lowest BCUT2D eigenvalue weighted by Gasteiger charge is -2.23. The number of nitrogens with one attached hydrogen (secondary N) is 1. The molecule has 3 heteroatoms. The quantitative estimate of drug-likeness (QED) is 0.692. The summed E-state index contributed by atoms with van der Waals surface area (Å²) in [6.45, 7) is 7.34. The lowest BCUT2D eigenvalue weighted by molar-refractivity contribution is 0.357. The van der Waals surface area contributed by atoms with Crippen LogP contribution in [0, 0.1) is 17.6 Å². The molecule has 0 radical (unpaired) electrons. The predicted octanol–water partition coefficient (Wildman–Crippen LogP) is 4.70. The van der Waals surface area contributed by atoms with Crippen LogP contribution in [0.15, 0.2) is 18.2 Å². The van der Waals surface area contributed by atoms with Gasteiger partial charge in [-0.3, -0.25) is 0 Å². The summed E-state index contributed by atoms with van der Waals surface area (Å²) in [6, 6.07) is 4.24. The van der Waals surface area contributed by atoms with Crippen LogP contribution < -0.4 is 5.32 Å². The third-order valence-electron chi connectivity index (χ3n) is 3.97. The van der Waals surface area contributed by atoms with Crippen LogP contribution in [0.2, 0.25) is 0 Å². The number of hydrogen-bond acceptors (Lipinski definition) is 1. The molecule has 0 fully saturated rings. The van der Waals surface area contributed by atoms with Crippen LogP contribution >= 0.6 is 0 Å². The molecule has 1 nitrogen and oxygen atoms in total. The Bertz CT molecular complexity index is 368. The SMILES string of the molecule is CCCNC(Cc1c(F)cccc1F)CC(CC)CC. The standard InChI is InChI=1S/C17H27F2N/c1-4-10-20-14(11-13(5-2)6-3)12-15-16(18)8-7-9-17(15)19/h7-9,13-14,20H,4-6,10-12H2,1-3H3. The first-order valence-corrected chi connectivity index (χ1v) is 7.78. The fourth-order valence-corrected chi connectivity index (χ4v) is 2.59. The summed E-state index contributed by atoms with van der Waals surface area (Å²) in [7, 11) is 0. The van der Waals surface area contributed by atoms with Gasteiger partial charge in [-0.05, 0) is 43.9 Å². The average Bonchev–Trinajstić information content (AvgIpc) is 2.45. The molecule has 1 N–H and O–H groups in total. The molecule has 20 heavy (non-hydrogen) atoms. The van der Waals surface area contributed by atoms with Crippen LogP contribution in [0.4, 0.5) is 8.78 Å². The molecular weight excluding hydrogens is 256 g/mol. The maximum Gasteiger partial charge on any atom is 0.129 e. The minimum Gasteiger partial charge on any atom is -0.314 e. The molecule has 114 valence electrons. The van der Waals surface area contributed by atoms with Crippen molar-refractivity contribution in [1.82, 2.24) is 5.32 Å². The lowest BCUT2D eigenvalue weighted by atomic mass is 9.91. The smallest absolute Gasteiger partial charge is 0.129 e. The van der Waals surface area contributed by atoms with Crippen LogP contribution in [0.5, 0.6) is 0 Å². The van der Waals surface area contributed by atoms with Gasteiger partial charge in [0.2, 0.25) is 0 Å². The molecule has 0 saturated heterocycles. The second kappa shape index (κ2) is 9.06. The minimum absolute atomic E-state index is 0.145. The minimum atomic E-state index is -0.433. The molecule has 1 unspecified atom stereocenters. The number of rotatable bonds is 9. The zero-order valence-corrected chi connectivity index (χ0v) is 12.9. The van der Waals surface area contributed by atoms with E-state index in [9.17, 15) is 8.78 Å². The van der Waals surface area contributed by atoms with Crippen molar-refractivity contribution in [1.29, 1.82) is 0 Å². The van der Waals surface area contributed by atoms with Crippen molar-refractivity contribution in [2.24, 2.45) is 5.92 Å². The normalized spacial score (nSPS) is 12.9. The zero-order chi connectivity index (χ0) is 15.0. The van der Waals surface area contributed by atoms with Gasteiger partial charge in [0.1, 0.15) is 11.6 Å². The molecule has 1 aromatic carbocycles. The van der Waals surface area contributed by atoms with Gasteiger partial charge in [0.05, 0.1) is 0 Å². The third-order valence-corrected chi connectivity index (χ3v) is 3.97. The molecule has 0 aliphatic heterocycles. The van der Waals surface area contributed by atoms with Crippen LogP contribution in [-0.2, 0) is 6.42 Å². The van der Waals surface area contributed by atoms with E-state index in [0.717, 1.165) is 32.2 Å². The van der Waals surface area contributed by atoms with Crippen molar-refractivity contribution < 1.29 is 8.78 Å². The summed E-state index contributed by atoms with van der Waals surface area (Å²) in [5, 5.41) is 3.44. The first-order chi connectivity index (χ1) is 9.62. The van der Waals surface area contributed by atoms with Gasteiger partial charge in [-0.25, -0.2) is 8.78 Å². The molecule has 0 bridgehead atoms. The topological polar surface area (TPSA) is 12.0 Å². The molecule has 0 aliphatic carbocycles. The van der Waals surface area contributed by atoms with E-state index in [2.05, 4.69) is 26.1 Å². The molecule has 0 spiro atoms. The Morgan fingerprint density at radius 3 is 2.15 bits per heavy atom. The van der Waals surface area contributed by atoms with Gasteiger partial charge in [0.25, 0.3) is 0 Å². The number of halogens is 2. The highest BCUT2D eigenvalue weighted by Gasteiger charge is 2.18. The highest BCUT2D eigenvalue weighted by molar-refractivity contribution is 5.20. The molecule has 0 heterocycles. The van der Waals surface area contributed by atoms with Gasteiger partial charge in [0.15, 0.2) is 0 Å². The van der Waals surface area contributed by atoms with Gasteiger partial charge >= 0.3 is 0 Å². The van der Waals surface area contributed by atoms with Crippen LogP contribution in [-0.4, -0.2) is 12.6 Å². The highest BCUT2D eigenvalue weighted by atomic mass is 19.1. The van der Waals surface area contributed by atoms with Gasteiger partial charge in [-0.15, -0.1) is 0 Å². The van der Waals surface area contributed by atoms with E-state index in [1.54, 1.807) is 0 Å². The first kappa shape index (κ1) is 17.1. The summed E-state index contributed by atoms with van der Waals surface area (Å²) in [5.74, 6) is -0.255. The predicted molar refractivity (Wildman–Crippen MR) is 80.8 cm³/mol. The monoisotopic (exact) mass is 283 g/mol. The summed E-state index contributed by atoms with van der Waals surface area (Å²) < 4.78 is 27.5. The van der Waals surface area contributed by atoms with E-state index < -0.39 is 11.6 Å². The van der Waals surface area contributed by atoms with Gasteiger partial charge in [-0.2, -0.15) is 0 Å². The van der Waals surface area contributed by atoms with E-state index in [4.69, 9.17) is 0 Å². The third kappa shape index (κ3) is 5.20. The van der Waals surface area contributed by atoms with Gasteiger partial charge in [0, 0.05) is 11.6 Å². The van der Waals surface area contributed by atoms with Crippen molar-refractivity contribution in [3.05, 3.63) is 35.4 Å². The first-order valence-electron chi connectivity index (χ1n) is 7.78. The number of hydrogen-bond donors (Lipinski definition) is 1. The van der Waals surface area contributed by atoms with Crippen molar-refractivity contribution in [2.45, 2.75) is 58.9 Å². The average molecular weight is 283 g/mol. The molecule has 0 aromatic heterocycles. The van der Waals surface area contributed by atoms with Crippen molar-refractivity contribution in [3.63, 3.8) is 0 Å². The maximum absolute atomic E-state index is 13.8. The molecule has 0 amide bonds. The van der Waals surface area contributed by atoms with E-state index in [1.807, 2.05) is 0 Å². The van der Waals surface area contributed by atoms with E-state index in [-0.39, 0.29) is 11.6 Å². The Balaban J connectivity index is 2.77. The maximum atomic E-state index is 13.8. The summed E-state index contributed by atoms with van der Waals surface area (Å²) in [5.41, 5.74) is 0.215. The lowest BCUT2D eigenvalue weighted by Crippen LogP contribution is -2.34. The Morgan fingerprint density at radius 2 is 1.65 bits per heavy atom. The van der Waals surface area contributed by atoms with Crippen molar-refractivity contribution in [3.8, 4) is 0 Å². The summed E-state index contributed by atoms with van der Waals surface area (Å²) >= 11 is 0. The van der Waals surface area contributed by atoms with Crippen LogP contribution in [0.25, 0.3) is 0 Å². The Morgan fingerprint density at radius 1 is 1.05 bits per heavy atom. The fraction of sp³-hybridized carbons (Fsp3) is 0.647. The van der Waals surface area contributed by atoms with E-state index in [1.165, 1.54) is 18.2 Å². The molecule has 1 aromatic rings. The van der Waals surface area contributed by atoms with E-state index in [0.29, 0.717) is 12.3 Å². The van der Waals surface area contributed by atoms with Crippen molar-refractivity contribution >= 4 is 0 Å². The summed E-state index contributed by atoms with van der Waals surface area (Å²) in [6.07, 6.45) is 4.65. The molecular formula is C17H27F2N. The van der Waals surface area contributed by atoms with Gasteiger partial charge in [-0.1, -0.05) is 39.7 Å². The summed E-state index contributed by atoms with van der Waals surface area (Å²) in [4.78, 5) is 0. The van der Waals surface area contributed by atoms with Crippen LogP contribution in [0.1, 0.15) is 52.0 Å². The zero-order valence-electron chi connectivity index (χ0n) is 12.9. The van der Waals surface area contributed by atoms with Crippen molar-refractivity contribution in [2.75, 3.05) is 6.54 Å².